The number of nitrogens with zero attached hydrogens (tertiary/aromatic N) is 2. The van der Waals surface area contributed by atoms with Crippen LogP contribution >= 0.6 is 15.9 Å². The van der Waals surface area contributed by atoms with Gasteiger partial charge in [-0.1, -0.05) is 30.3 Å². The molecule has 0 bridgehead atoms. The van der Waals surface area contributed by atoms with E-state index >= 15 is 0 Å². The topological polar surface area (TPSA) is 43.3 Å². The van der Waals surface area contributed by atoms with Crippen molar-refractivity contribution in [2.75, 3.05) is 5.73 Å². The molecule has 0 saturated heterocycles. The van der Waals surface area contributed by atoms with Crippen LogP contribution in [-0.2, 0) is 12.8 Å². The van der Waals surface area contributed by atoms with Crippen molar-refractivity contribution in [3.8, 4) is 0 Å². The van der Waals surface area contributed by atoms with E-state index in [1.165, 1.54) is 5.56 Å². The van der Waals surface area contributed by atoms with Crippen LogP contribution in [0.4, 0.5) is 5.82 Å². The number of hydrogen-bond donors (Lipinski definition) is 1. The number of rotatable bonds is 3. The smallest absolute Gasteiger partial charge is 0.112 e. The van der Waals surface area contributed by atoms with E-state index in [0.29, 0.717) is 0 Å². The van der Waals surface area contributed by atoms with Crippen LogP contribution < -0.4 is 5.73 Å². The van der Waals surface area contributed by atoms with E-state index in [-0.39, 0.29) is 0 Å². The number of benzene rings is 1. The predicted molar refractivity (Wildman–Crippen MR) is 85.9 cm³/mol. The maximum Gasteiger partial charge on any atom is 0.112 e. The van der Waals surface area contributed by atoms with Gasteiger partial charge in [0.25, 0.3) is 0 Å². The molecule has 4 heteroatoms. The van der Waals surface area contributed by atoms with Crippen molar-refractivity contribution in [3.05, 3.63) is 64.0 Å². The molecule has 2 N–H and O–H groups in total. The Morgan fingerprint density at radius 1 is 1.20 bits per heavy atom. The third kappa shape index (κ3) is 2.20. The van der Waals surface area contributed by atoms with Crippen LogP contribution in [0.15, 0.2) is 47.2 Å². The van der Waals surface area contributed by atoms with Crippen molar-refractivity contribution in [3.63, 3.8) is 0 Å². The van der Waals surface area contributed by atoms with Crippen LogP contribution in [0.3, 0.4) is 0 Å². The average molecular weight is 330 g/mol. The summed E-state index contributed by atoms with van der Waals surface area (Å²) in [7, 11) is 0. The summed E-state index contributed by atoms with van der Waals surface area (Å²) in [4.78, 5) is 4.53. The molecule has 0 saturated carbocycles. The SMILES string of the molecule is Cc1c(Br)c2c(CCc3ccccc3)nccn2c1N. The fraction of sp³-hybridized carbons (Fsp3) is 0.188. The Hall–Kier alpha value is -1.81. The molecule has 102 valence electrons. The van der Waals surface area contributed by atoms with E-state index in [0.717, 1.165) is 39.9 Å². The zero-order chi connectivity index (χ0) is 14.1. The van der Waals surface area contributed by atoms with Crippen molar-refractivity contribution in [2.24, 2.45) is 0 Å². The van der Waals surface area contributed by atoms with Gasteiger partial charge in [-0.15, -0.1) is 0 Å². The third-order valence-corrected chi connectivity index (χ3v) is 4.60. The minimum atomic E-state index is 0.773. The molecule has 0 aliphatic heterocycles. The van der Waals surface area contributed by atoms with Gasteiger partial charge in [0.1, 0.15) is 5.82 Å². The minimum Gasteiger partial charge on any atom is -0.385 e. The second-order valence-corrected chi connectivity index (χ2v) is 5.70. The summed E-state index contributed by atoms with van der Waals surface area (Å²) in [6.45, 7) is 2.02. The summed E-state index contributed by atoms with van der Waals surface area (Å²) >= 11 is 3.64. The molecule has 0 amide bonds. The molecular formula is C16H16BrN3. The van der Waals surface area contributed by atoms with Crippen LogP contribution in [0.25, 0.3) is 5.52 Å². The van der Waals surface area contributed by atoms with Crippen LogP contribution in [0, 0.1) is 6.92 Å². The lowest BCUT2D eigenvalue weighted by molar-refractivity contribution is 0.908. The summed E-state index contributed by atoms with van der Waals surface area (Å²) in [5.74, 6) is 0.773. The Kier molecular flexibility index (Phi) is 3.49. The quantitative estimate of drug-likeness (QED) is 0.794. The van der Waals surface area contributed by atoms with E-state index in [9.17, 15) is 0 Å². The molecule has 3 aromatic rings. The van der Waals surface area contributed by atoms with Gasteiger partial charge in [0.15, 0.2) is 0 Å². The van der Waals surface area contributed by atoms with Gasteiger partial charge in [-0.2, -0.15) is 0 Å². The fourth-order valence-corrected chi connectivity index (χ4v) is 3.08. The summed E-state index contributed by atoms with van der Waals surface area (Å²) < 4.78 is 3.05. The van der Waals surface area contributed by atoms with Gasteiger partial charge >= 0.3 is 0 Å². The minimum absolute atomic E-state index is 0.773. The maximum absolute atomic E-state index is 6.12. The molecule has 2 heterocycles. The van der Waals surface area contributed by atoms with Gasteiger partial charge in [0.2, 0.25) is 0 Å². The highest BCUT2D eigenvalue weighted by Crippen LogP contribution is 2.31. The number of nitrogen functional groups attached to an aromatic ring is 1. The fourth-order valence-electron chi connectivity index (χ4n) is 2.46. The summed E-state index contributed by atoms with van der Waals surface area (Å²) in [5.41, 5.74) is 10.7. The normalized spacial score (nSPS) is 11.1. The molecular weight excluding hydrogens is 314 g/mol. The highest BCUT2D eigenvalue weighted by Gasteiger charge is 2.14. The van der Waals surface area contributed by atoms with Crippen molar-refractivity contribution in [1.82, 2.24) is 9.38 Å². The molecule has 3 nitrogen and oxygen atoms in total. The Labute approximate surface area is 126 Å². The Morgan fingerprint density at radius 3 is 2.70 bits per heavy atom. The molecule has 1 aromatic carbocycles. The number of nitrogens with two attached hydrogens (primary N) is 1. The Morgan fingerprint density at radius 2 is 1.95 bits per heavy atom. The number of aromatic nitrogens is 2. The molecule has 0 aliphatic rings. The van der Waals surface area contributed by atoms with Crippen LogP contribution in [0.1, 0.15) is 16.8 Å². The van der Waals surface area contributed by atoms with E-state index in [4.69, 9.17) is 5.73 Å². The zero-order valence-electron chi connectivity index (χ0n) is 11.3. The van der Waals surface area contributed by atoms with Crippen molar-refractivity contribution in [2.45, 2.75) is 19.8 Å². The zero-order valence-corrected chi connectivity index (χ0v) is 12.9. The molecule has 0 spiro atoms. The molecule has 20 heavy (non-hydrogen) atoms. The predicted octanol–water partition coefficient (Wildman–Crippen LogP) is 3.77. The average Bonchev–Trinajstić information content (AvgIpc) is 2.72. The van der Waals surface area contributed by atoms with Gasteiger partial charge in [-0.25, -0.2) is 0 Å². The monoisotopic (exact) mass is 329 g/mol. The van der Waals surface area contributed by atoms with Crippen LogP contribution in [0.5, 0.6) is 0 Å². The first-order valence-corrected chi connectivity index (χ1v) is 7.41. The van der Waals surface area contributed by atoms with Crippen LogP contribution in [0.2, 0.25) is 0 Å². The van der Waals surface area contributed by atoms with Crippen molar-refractivity contribution < 1.29 is 0 Å². The van der Waals surface area contributed by atoms with E-state index in [1.54, 1.807) is 0 Å². The third-order valence-electron chi connectivity index (χ3n) is 3.63. The second kappa shape index (κ2) is 5.29. The van der Waals surface area contributed by atoms with E-state index in [2.05, 4.69) is 45.2 Å². The lowest BCUT2D eigenvalue weighted by Gasteiger charge is -2.05. The highest BCUT2D eigenvalue weighted by atomic mass is 79.9. The first-order chi connectivity index (χ1) is 9.68. The first-order valence-electron chi connectivity index (χ1n) is 6.62. The van der Waals surface area contributed by atoms with Gasteiger partial charge in [0.05, 0.1) is 15.7 Å². The molecule has 0 fully saturated rings. The molecule has 3 rings (SSSR count). The highest BCUT2D eigenvalue weighted by molar-refractivity contribution is 9.10. The van der Waals surface area contributed by atoms with E-state index in [1.807, 2.05) is 29.8 Å². The number of anilines is 1. The lowest BCUT2D eigenvalue weighted by atomic mass is 10.1. The molecule has 0 radical (unpaired) electrons. The second-order valence-electron chi connectivity index (χ2n) is 4.90. The van der Waals surface area contributed by atoms with Gasteiger partial charge in [0, 0.05) is 18.0 Å². The largest absolute Gasteiger partial charge is 0.385 e. The van der Waals surface area contributed by atoms with Crippen LogP contribution in [-0.4, -0.2) is 9.38 Å². The lowest BCUT2D eigenvalue weighted by Crippen LogP contribution is -2.00. The number of halogens is 1. The Balaban J connectivity index is 1.98. The standard InChI is InChI=1S/C16H16BrN3/c1-11-14(17)15-13(19-9-10-20(15)16(11)18)8-7-12-5-3-2-4-6-12/h2-6,9-10H,7-8,18H2,1H3. The van der Waals surface area contributed by atoms with Crippen molar-refractivity contribution >= 4 is 27.3 Å². The molecule has 2 aromatic heterocycles. The molecule has 0 unspecified atom stereocenters. The van der Waals surface area contributed by atoms with Gasteiger partial charge in [-0.3, -0.25) is 9.38 Å². The number of hydrogen-bond acceptors (Lipinski definition) is 2. The Bertz CT molecular complexity index is 747. The summed E-state index contributed by atoms with van der Waals surface area (Å²) in [5, 5.41) is 0. The number of aryl methyl sites for hydroxylation is 2. The van der Waals surface area contributed by atoms with Crippen molar-refractivity contribution in [1.29, 1.82) is 0 Å². The molecule has 0 atom stereocenters. The first kappa shape index (κ1) is 13.2. The van der Waals surface area contributed by atoms with Gasteiger partial charge < -0.3 is 5.73 Å². The molecule has 0 aliphatic carbocycles. The number of fused-ring (bicyclic) bond motifs is 1. The summed E-state index contributed by atoms with van der Waals surface area (Å²) in [6, 6.07) is 10.5. The maximum atomic E-state index is 6.12. The van der Waals surface area contributed by atoms with Gasteiger partial charge in [-0.05, 0) is 41.3 Å². The summed E-state index contributed by atoms with van der Waals surface area (Å²) in [6.07, 6.45) is 5.60. The van der Waals surface area contributed by atoms with E-state index < -0.39 is 0 Å².